The molecule has 6 aliphatic rings. The highest BCUT2D eigenvalue weighted by Crippen LogP contribution is 2.62. The van der Waals surface area contributed by atoms with Crippen LogP contribution >= 0.6 is 44.9 Å². The predicted octanol–water partition coefficient (Wildman–Crippen LogP) is 18.7. The highest BCUT2D eigenvalue weighted by Gasteiger charge is 2.66. The second-order valence-corrected chi connectivity index (χ2v) is 33.6. The standard InChI is InChI=1S/2C31H28F3O5S.C15H20F4O6S.HI/c2*1-3-30(14-6-7-15-30)39-27(35)18-38-29(37)20-11-10-19(2)26(16-20)40-24-9-5-4-8-22(24)28(36)23-17-21(31(32,33)34)12-13-25(23)40;16-14(17,15(18,19)26(22,23)24)1-2-25-11(20)12-4-9-3-10(5-12)7-13(21,6-9)8-12;/h2*4-5,8-13,16-17H,3,6-7,14-15,18H2,1-2H3;9-10,21H,1-8H2,(H,22,23,24);1H/q2*+1;;. The van der Waals surface area contributed by atoms with Crippen LogP contribution in [0.5, 0.6) is 0 Å². The minimum atomic E-state index is -6.31. The summed E-state index contributed by atoms with van der Waals surface area (Å²) in [7, 11) is -8.24. The van der Waals surface area contributed by atoms with Crippen LogP contribution in [0.3, 0.4) is 0 Å². The first-order chi connectivity index (χ1) is 49.8. The normalized spacial score (nSPS) is 20.5. The van der Waals surface area contributed by atoms with Crippen LogP contribution in [0.2, 0.25) is 0 Å². The number of aliphatic hydroxyl groups is 1. The van der Waals surface area contributed by atoms with Gasteiger partial charge >= 0.3 is 63.5 Å². The Morgan fingerprint density at radius 3 is 1.30 bits per heavy atom. The Labute approximate surface area is 630 Å². The number of fused-ring (bicyclic) bond motifs is 4. The fourth-order valence-electron chi connectivity index (χ4n) is 15.9. The van der Waals surface area contributed by atoms with Gasteiger partial charge in [-0.25, -0.2) is 19.2 Å². The summed E-state index contributed by atoms with van der Waals surface area (Å²) in [5.41, 5.74) is -3.74. The van der Waals surface area contributed by atoms with Gasteiger partial charge in [0.15, 0.2) is 41.8 Å². The Bertz CT molecular complexity index is 4760. The molecule has 107 heavy (non-hydrogen) atoms. The van der Waals surface area contributed by atoms with Crippen LogP contribution < -0.4 is 10.9 Å². The predicted molar refractivity (Wildman–Crippen MR) is 393 cm³/mol. The van der Waals surface area contributed by atoms with E-state index in [9.17, 15) is 91.0 Å². The average molecular weight is 1670 g/mol. The molecule has 16 nitrogen and oxygen atoms in total. The Kier molecular flexibility index (Phi) is 24.0. The molecule has 0 saturated heterocycles. The van der Waals surface area contributed by atoms with Crippen LogP contribution in [0, 0.1) is 31.1 Å². The minimum absolute atomic E-state index is 0. The number of alkyl halides is 10. The van der Waals surface area contributed by atoms with E-state index >= 15 is 0 Å². The van der Waals surface area contributed by atoms with E-state index in [2.05, 4.69) is 0 Å². The molecule has 574 valence electrons. The van der Waals surface area contributed by atoms with Crippen molar-refractivity contribution in [2.75, 3.05) is 19.8 Å². The van der Waals surface area contributed by atoms with Gasteiger partial charge < -0.3 is 28.8 Å². The second kappa shape index (κ2) is 31.4. The van der Waals surface area contributed by atoms with E-state index in [1.807, 2.05) is 27.7 Å². The smallest absolute Gasteiger partial charge is 0.431 e. The van der Waals surface area contributed by atoms with Crippen LogP contribution in [-0.2, 0) is 60.5 Å². The largest absolute Gasteiger partial charge is 0.465 e. The van der Waals surface area contributed by atoms with E-state index in [0.29, 0.717) is 77.9 Å². The maximum Gasteiger partial charge on any atom is 0.431 e. The van der Waals surface area contributed by atoms with E-state index in [1.54, 1.807) is 84.9 Å². The Balaban J connectivity index is 0.000000175. The average Bonchev–Trinajstić information content (AvgIpc) is 1.16. The van der Waals surface area contributed by atoms with Gasteiger partial charge in [-0.3, -0.25) is 18.9 Å². The molecule has 0 spiro atoms. The van der Waals surface area contributed by atoms with Crippen molar-refractivity contribution in [2.24, 2.45) is 17.3 Å². The molecule has 14 rings (SSSR count). The van der Waals surface area contributed by atoms with Crippen molar-refractivity contribution in [1.29, 1.82) is 0 Å². The van der Waals surface area contributed by atoms with Gasteiger partial charge in [0.05, 0.1) is 67.8 Å². The second-order valence-electron chi connectivity index (χ2n) is 28.3. The van der Waals surface area contributed by atoms with Crippen LogP contribution in [0.1, 0.15) is 166 Å². The lowest BCUT2D eigenvalue weighted by atomic mass is 9.48. The topological polar surface area (TPSA) is 240 Å². The lowest BCUT2D eigenvalue weighted by Crippen LogP contribution is -2.58. The van der Waals surface area contributed by atoms with Gasteiger partial charge in [0.2, 0.25) is 10.9 Å². The Morgan fingerprint density at radius 1 is 0.533 bits per heavy atom. The highest BCUT2D eigenvalue weighted by molar-refractivity contribution is 14.0. The van der Waals surface area contributed by atoms with Crippen molar-refractivity contribution < 1.29 is 110 Å². The zero-order valence-electron chi connectivity index (χ0n) is 58.4. The molecule has 0 amide bonds. The van der Waals surface area contributed by atoms with Gasteiger partial charge in [0.25, 0.3) is 0 Å². The molecule has 0 radical (unpaired) electrons. The fourth-order valence-corrected chi connectivity index (χ4v) is 21.5. The number of rotatable bonds is 18. The lowest BCUT2D eigenvalue weighted by Gasteiger charge is -2.58. The van der Waals surface area contributed by atoms with Crippen molar-refractivity contribution in [3.8, 4) is 9.79 Å². The number of hydrogen-bond acceptors (Lipinski definition) is 15. The van der Waals surface area contributed by atoms with Crippen molar-refractivity contribution in [3.63, 3.8) is 0 Å². The molecule has 2 N–H and O–H groups in total. The summed E-state index contributed by atoms with van der Waals surface area (Å²) in [4.78, 5) is 91.2. The first-order valence-corrected chi connectivity index (χ1v) is 38.4. The number of carbonyl (C=O) groups is 5. The molecule has 0 aliphatic heterocycles. The molecule has 4 atom stereocenters. The van der Waals surface area contributed by atoms with Crippen LogP contribution in [0.25, 0.3) is 50.1 Å². The van der Waals surface area contributed by atoms with Crippen LogP contribution in [-0.4, -0.2) is 95.7 Å². The molecule has 2 heterocycles. The first kappa shape index (κ1) is 81.9. The molecule has 8 aromatic rings. The highest BCUT2D eigenvalue weighted by atomic mass is 127. The molecule has 4 bridgehead atoms. The third kappa shape index (κ3) is 17.1. The fraction of sp³-hybridized carbons (Fsp3) is 0.442. The molecule has 6 fully saturated rings. The molecule has 6 aromatic carbocycles. The summed E-state index contributed by atoms with van der Waals surface area (Å²) in [5.74, 6) is -8.27. The summed E-state index contributed by atoms with van der Waals surface area (Å²) in [6, 6.07) is 30.0. The molecule has 2 aromatic heterocycles. The summed E-state index contributed by atoms with van der Waals surface area (Å²) in [6.07, 6.45) is 0.718. The summed E-state index contributed by atoms with van der Waals surface area (Å²) in [6.45, 7) is 5.46. The molecular formula is C77H77F10IO16S3+2. The first-order valence-electron chi connectivity index (χ1n) is 34.6. The van der Waals surface area contributed by atoms with Crippen molar-refractivity contribution >= 4 is 125 Å². The summed E-state index contributed by atoms with van der Waals surface area (Å²) >= 11 is 0. The molecule has 6 aliphatic carbocycles. The SMILES string of the molecule is CCC1(OC(=O)COC(=O)c2ccc(C)c(-[s+]3c4ccccc4c(=O)c4cc(C(F)(F)F)ccc43)c2)CCCC1.CCC1(OC(=O)COC(=O)c2ccc(C)c(-[s+]3c4ccccc4c(=O)c4cc(C(F)(F)F)ccc43)c2)CCCC1.I.O=C(OCCC(F)(F)C(F)(F)S(=O)(=O)O)C12CC3CC(CC(O)(C3)C1)C2. The Morgan fingerprint density at radius 2 is 0.925 bits per heavy atom. The van der Waals surface area contributed by atoms with Crippen molar-refractivity contribution in [3.05, 3.63) is 175 Å². The zero-order valence-corrected chi connectivity index (χ0v) is 63.1. The van der Waals surface area contributed by atoms with E-state index in [4.69, 9.17) is 28.2 Å². The number of ether oxygens (including phenoxy) is 5. The quantitative estimate of drug-likeness (QED) is 0.0154. The number of carbonyl (C=O) groups excluding carboxylic acids is 5. The molecular weight excluding hydrogens is 1590 g/mol. The van der Waals surface area contributed by atoms with Gasteiger partial charge in [-0.1, -0.05) is 50.2 Å². The molecule has 4 unspecified atom stereocenters. The maximum atomic E-state index is 13.5. The zero-order chi connectivity index (χ0) is 76.9. The number of benzene rings is 6. The number of aryl methyl sites for hydroxylation is 2. The van der Waals surface area contributed by atoms with Gasteiger partial charge in [-0.15, -0.1) is 24.0 Å². The van der Waals surface area contributed by atoms with Gasteiger partial charge in [0.1, 0.15) is 11.2 Å². The minimum Gasteiger partial charge on any atom is -0.465 e. The van der Waals surface area contributed by atoms with E-state index in [1.165, 1.54) is 12.1 Å². The lowest BCUT2D eigenvalue weighted by molar-refractivity contribution is -0.201. The third-order valence-corrected chi connectivity index (χ3v) is 26.9. The van der Waals surface area contributed by atoms with Gasteiger partial charge in [-0.2, -0.15) is 52.3 Å². The van der Waals surface area contributed by atoms with E-state index < -0.39 is 155 Å². The summed E-state index contributed by atoms with van der Waals surface area (Å²) in [5, 5.41) is 5.49. The van der Waals surface area contributed by atoms with Gasteiger partial charge in [-0.05, 0) is 201 Å². The number of hydrogen-bond donors (Lipinski definition) is 2. The third-order valence-electron chi connectivity index (χ3n) is 21.0. The summed E-state index contributed by atoms with van der Waals surface area (Å²) < 4.78 is 192. The van der Waals surface area contributed by atoms with Gasteiger partial charge in [0, 0.05) is 44.2 Å². The number of halogens is 11. The number of esters is 5. The van der Waals surface area contributed by atoms with Crippen LogP contribution in [0.15, 0.2) is 131 Å². The molecule has 6 saturated carbocycles. The van der Waals surface area contributed by atoms with Crippen molar-refractivity contribution in [2.45, 2.75) is 177 Å². The monoisotopic (exact) mass is 1670 g/mol. The van der Waals surface area contributed by atoms with Crippen molar-refractivity contribution in [1.82, 2.24) is 0 Å². The van der Waals surface area contributed by atoms with E-state index in [0.717, 1.165) is 93.2 Å². The van der Waals surface area contributed by atoms with Crippen LogP contribution in [0.4, 0.5) is 43.9 Å². The Hall–Kier alpha value is -7.65. The van der Waals surface area contributed by atoms with E-state index in [-0.39, 0.29) is 64.1 Å². The molecule has 30 heteroatoms. The maximum absolute atomic E-state index is 13.5.